The average Bonchev–Trinajstić information content (AvgIpc) is 3.30. The number of hydrogen-bond acceptors (Lipinski definition) is 5. The molecule has 0 saturated carbocycles. The second-order valence-corrected chi connectivity index (χ2v) is 8.26. The highest BCUT2D eigenvalue weighted by atomic mass is 16.5. The zero-order valence-corrected chi connectivity index (χ0v) is 20.4. The summed E-state index contributed by atoms with van der Waals surface area (Å²) >= 11 is 0. The van der Waals surface area contributed by atoms with Gasteiger partial charge in [0.1, 0.15) is 11.4 Å². The SMILES string of the molecule is C=C/C(=N\C(=NC)Nc1ccc2[nH]c(C(=O)N3CCN(C)CC3)cc2c1)c1cc(OCC)ccn1. The quantitative estimate of drug-likeness (QED) is 0.422. The number of amides is 1. The van der Waals surface area contributed by atoms with Crippen molar-refractivity contribution in [3.05, 3.63) is 66.6 Å². The number of H-pyrrole nitrogens is 1. The van der Waals surface area contributed by atoms with Crippen LogP contribution >= 0.6 is 0 Å². The fourth-order valence-electron chi connectivity index (χ4n) is 3.90. The normalized spacial score (nSPS) is 15.3. The molecule has 0 unspecified atom stereocenters. The molecule has 9 heteroatoms. The van der Waals surface area contributed by atoms with E-state index in [1.807, 2.05) is 42.2 Å². The van der Waals surface area contributed by atoms with Crippen LogP contribution in [0.2, 0.25) is 0 Å². The molecule has 1 aromatic carbocycles. The summed E-state index contributed by atoms with van der Waals surface area (Å²) in [7, 11) is 3.74. The first kappa shape index (κ1) is 24.2. The van der Waals surface area contributed by atoms with E-state index in [1.165, 1.54) is 0 Å². The van der Waals surface area contributed by atoms with Crippen molar-refractivity contribution in [3.8, 4) is 5.75 Å². The number of guanidine groups is 1. The van der Waals surface area contributed by atoms with Gasteiger partial charge in [0.2, 0.25) is 5.96 Å². The van der Waals surface area contributed by atoms with Crippen molar-refractivity contribution in [2.75, 3.05) is 52.2 Å². The number of nitrogens with zero attached hydrogens (tertiary/aromatic N) is 5. The Labute approximate surface area is 205 Å². The minimum atomic E-state index is 0.0293. The van der Waals surface area contributed by atoms with Crippen LogP contribution in [-0.4, -0.2) is 84.2 Å². The van der Waals surface area contributed by atoms with Crippen molar-refractivity contribution in [1.29, 1.82) is 0 Å². The zero-order chi connectivity index (χ0) is 24.8. The van der Waals surface area contributed by atoms with E-state index >= 15 is 0 Å². The first-order valence-corrected chi connectivity index (χ1v) is 11.7. The summed E-state index contributed by atoms with van der Waals surface area (Å²) in [5.41, 5.74) is 3.51. The number of likely N-dealkylation sites (N-methyl/N-ethyl adjacent to an activating group) is 1. The van der Waals surface area contributed by atoms with Crippen molar-refractivity contribution in [2.45, 2.75) is 6.92 Å². The Balaban J connectivity index is 1.52. The summed E-state index contributed by atoms with van der Waals surface area (Å²) in [5.74, 6) is 1.16. The van der Waals surface area contributed by atoms with Gasteiger partial charge in [0.15, 0.2) is 0 Å². The first-order valence-electron chi connectivity index (χ1n) is 11.7. The van der Waals surface area contributed by atoms with Crippen molar-refractivity contribution in [3.63, 3.8) is 0 Å². The van der Waals surface area contributed by atoms with Gasteiger partial charge in [-0.3, -0.25) is 14.8 Å². The molecule has 9 nitrogen and oxygen atoms in total. The summed E-state index contributed by atoms with van der Waals surface area (Å²) in [4.78, 5) is 33.6. The number of anilines is 1. The predicted molar refractivity (Wildman–Crippen MR) is 141 cm³/mol. The molecular formula is C26H31N7O2. The maximum atomic E-state index is 12.9. The topological polar surface area (TPSA) is 98.2 Å². The number of rotatable bonds is 6. The Hall–Kier alpha value is -3.98. The molecule has 1 saturated heterocycles. The largest absolute Gasteiger partial charge is 0.494 e. The summed E-state index contributed by atoms with van der Waals surface area (Å²) in [6, 6.07) is 11.3. The Morgan fingerprint density at radius 2 is 2.03 bits per heavy atom. The number of fused-ring (bicyclic) bond motifs is 1. The van der Waals surface area contributed by atoms with Gasteiger partial charge < -0.3 is 24.8 Å². The van der Waals surface area contributed by atoms with Crippen LogP contribution in [0.5, 0.6) is 5.75 Å². The summed E-state index contributed by atoms with van der Waals surface area (Å²) in [6.07, 6.45) is 3.31. The number of aromatic amines is 1. The third-order valence-electron chi connectivity index (χ3n) is 5.83. The molecule has 182 valence electrons. The molecule has 2 aromatic heterocycles. The standard InChI is InChI=1S/C26H31N7O2/c1-5-21(23-17-20(35-6-2)9-10-28-23)31-26(27-3)29-19-7-8-22-18(15-19)16-24(30-22)25(34)33-13-11-32(4)12-14-33/h5,7-10,15-17,30H,1,6,11-14H2,2-4H3,(H,27,29)/b31-21+. The molecule has 35 heavy (non-hydrogen) atoms. The van der Waals surface area contributed by atoms with Gasteiger partial charge in [0.25, 0.3) is 5.91 Å². The van der Waals surface area contributed by atoms with Gasteiger partial charge in [-0.25, -0.2) is 4.99 Å². The minimum absolute atomic E-state index is 0.0293. The molecule has 1 aliphatic heterocycles. The van der Waals surface area contributed by atoms with Gasteiger partial charge in [0, 0.05) is 62.1 Å². The van der Waals surface area contributed by atoms with E-state index in [-0.39, 0.29) is 5.91 Å². The minimum Gasteiger partial charge on any atom is -0.494 e. The zero-order valence-electron chi connectivity index (χ0n) is 20.4. The predicted octanol–water partition coefficient (Wildman–Crippen LogP) is 3.42. The molecule has 0 atom stereocenters. The number of pyridine rings is 1. The molecule has 1 fully saturated rings. The van der Waals surface area contributed by atoms with Crippen LogP contribution in [0.4, 0.5) is 5.69 Å². The van der Waals surface area contributed by atoms with E-state index in [2.05, 4.69) is 43.8 Å². The monoisotopic (exact) mass is 473 g/mol. The van der Waals surface area contributed by atoms with Crippen LogP contribution < -0.4 is 10.1 Å². The number of carbonyl (C=O) groups excluding carboxylic acids is 1. The Kier molecular flexibility index (Phi) is 7.57. The number of nitrogens with one attached hydrogen (secondary N) is 2. The van der Waals surface area contributed by atoms with Crippen molar-refractivity contribution >= 4 is 34.2 Å². The van der Waals surface area contributed by atoms with Crippen LogP contribution in [0, 0.1) is 0 Å². The Morgan fingerprint density at radius 3 is 2.74 bits per heavy atom. The molecule has 0 bridgehead atoms. The van der Waals surface area contributed by atoms with Crippen LogP contribution in [0.1, 0.15) is 23.1 Å². The lowest BCUT2D eigenvalue weighted by Gasteiger charge is -2.32. The van der Waals surface area contributed by atoms with Gasteiger partial charge in [0.05, 0.1) is 18.0 Å². The molecule has 0 aliphatic carbocycles. The highest BCUT2D eigenvalue weighted by molar-refractivity contribution is 6.14. The van der Waals surface area contributed by atoms with Crippen molar-refractivity contribution in [2.24, 2.45) is 9.98 Å². The number of hydrogen-bond donors (Lipinski definition) is 2. The smallest absolute Gasteiger partial charge is 0.270 e. The summed E-state index contributed by atoms with van der Waals surface area (Å²) < 4.78 is 5.56. The van der Waals surface area contributed by atoms with E-state index in [4.69, 9.17) is 4.74 Å². The molecule has 3 aromatic rings. The molecule has 0 radical (unpaired) electrons. The number of ether oxygens (including phenoxy) is 1. The third kappa shape index (κ3) is 5.75. The number of aromatic nitrogens is 2. The number of piperazine rings is 1. The lowest BCUT2D eigenvalue weighted by molar-refractivity contribution is 0.0659. The maximum absolute atomic E-state index is 12.9. The molecule has 4 rings (SSSR count). The van der Waals surface area contributed by atoms with Gasteiger partial charge in [-0.15, -0.1) is 0 Å². The molecule has 2 N–H and O–H groups in total. The van der Waals surface area contributed by atoms with E-state index in [9.17, 15) is 4.79 Å². The summed E-state index contributed by atoms with van der Waals surface area (Å²) in [5, 5.41) is 4.18. The molecule has 0 spiro atoms. The van der Waals surface area contributed by atoms with Gasteiger partial charge in [-0.2, -0.15) is 0 Å². The van der Waals surface area contributed by atoms with E-state index < -0.39 is 0 Å². The first-order chi connectivity index (χ1) is 17.0. The highest BCUT2D eigenvalue weighted by Gasteiger charge is 2.21. The number of allylic oxidation sites excluding steroid dienone is 1. The third-order valence-corrected chi connectivity index (χ3v) is 5.83. The molecule has 1 aliphatic rings. The van der Waals surface area contributed by atoms with E-state index in [0.717, 1.165) is 48.5 Å². The van der Waals surface area contributed by atoms with Gasteiger partial charge in [-0.05, 0) is 50.4 Å². The lowest BCUT2D eigenvalue weighted by Crippen LogP contribution is -2.47. The lowest BCUT2D eigenvalue weighted by atomic mass is 10.2. The Bertz CT molecular complexity index is 1270. The fourth-order valence-corrected chi connectivity index (χ4v) is 3.90. The molecule has 1 amide bonds. The second-order valence-electron chi connectivity index (χ2n) is 8.26. The van der Waals surface area contributed by atoms with E-state index in [0.29, 0.717) is 29.7 Å². The van der Waals surface area contributed by atoms with Crippen LogP contribution in [0.15, 0.2) is 65.2 Å². The number of aliphatic imine (C=N–C) groups is 2. The van der Waals surface area contributed by atoms with Crippen LogP contribution in [0.3, 0.4) is 0 Å². The van der Waals surface area contributed by atoms with Gasteiger partial charge in [-0.1, -0.05) is 6.58 Å². The summed E-state index contributed by atoms with van der Waals surface area (Å²) in [6.45, 7) is 9.62. The highest BCUT2D eigenvalue weighted by Crippen LogP contribution is 2.22. The fraction of sp³-hybridized carbons (Fsp3) is 0.308. The van der Waals surface area contributed by atoms with Gasteiger partial charge >= 0.3 is 0 Å². The second kappa shape index (κ2) is 11.0. The van der Waals surface area contributed by atoms with Crippen molar-refractivity contribution < 1.29 is 9.53 Å². The number of benzene rings is 1. The maximum Gasteiger partial charge on any atom is 0.270 e. The van der Waals surface area contributed by atoms with Crippen LogP contribution in [0.25, 0.3) is 10.9 Å². The average molecular weight is 474 g/mol. The molecule has 3 heterocycles. The van der Waals surface area contributed by atoms with Crippen LogP contribution in [-0.2, 0) is 0 Å². The number of carbonyl (C=O) groups is 1. The Morgan fingerprint density at radius 1 is 1.23 bits per heavy atom. The van der Waals surface area contributed by atoms with Crippen molar-refractivity contribution in [1.82, 2.24) is 19.8 Å². The molecular weight excluding hydrogens is 442 g/mol. The van der Waals surface area contributed by atoms with E-state index in [1.54, 1.807) is 25.4 Å².